The SMILES string of the molecule is CC(=O)N1CCN(C(=O)C=Cc2ccc(Sc3ccc(C=CC(=O)N4CCN(C(C)=O)CC4)c(-c4ccccc4F)c3[N+](=O)[O-])c([N+](=O)[O-])c2-c2ccccc2F)CC1. The Balaban J connectivity index is 1.42. The first-order chi connectivity index (χ1) is 28.2. The van der Waals surface area contributed by atoms with Gasteiger partial charge in [-0.15, -0.1) is 0 Å². The predicted octanol–water partition coefficient (Wildman–Crippen LogP) is 6.67. The summed E-state index contributed by atoms with van der Waals surface area (Å²) in [5.41, 5.74) is -1.61. The van der Waals surface area contributed by atoms with Crippen LogP contribution in [0.4, 0.5) is 20.2 Å². The quantitative estimate of drug-likeness (QED) is 0.0964. The van der Waals surface area contributed by atoms with Crippen LogP contribution < -0.4 is 0 Å². The van der Waals surface area contributed by atoms with Crippen molar-refractivity contribution in [1.82, 2.24) is 19.6 Å². The second kappa shape index (κ2) is 18.2. The van der Waals surface area contributed by atoms with Gasteiger partial charge in [0.05, 0.1) is 30.8 Å². The summed E-state index contributed by atoms with van der Waals surface area (Å²) in [6.45, 7) is 5.35. The monoisotopic (exact) mass is 824 g/mol. The van der Waals surface area contributed by atoms with Gasteiger partial charge in [0, 0.05) is 89.5 Å². The van der Waals surface area contributed by atoms with E-state index in [-0.39, 0.29) is 81.2 Å². The van der Waals surface area contributed by atoms with Crippen molar-refractivity contribution >= 4 is 58.9 Å². The molecule has 0 aliphatic carbocycles. The van der Waals surface area contributed by atoms with Crippen molar-refractivity contribution in [3.05, 3.63) is 128 Å². The maximum absolute atomic E-state index is 15.5. The Hall–Kier alpha value is -6.75. The molecule has 2 heterocycles. The molecule has 0 bridgehead atoms. The third-order valence-electron chi connectivity index (χ3n) is 10.1. The lowest BCUT2D eigenvalue weighted by Crippen LogP contribution is -2.49. The van der Waals surface area contributed by atoms with Crippen molar-refractivity contribution in [2.75, 3.05) is 52.4 Å². The standard InChI is InChI=1S/C42H38F2N6O8S/c1-27(51)45-19-23-47(24-20-45)37(53)17-13-29-11-15-35(41(49(55)56)39(29)31-7-3-5-9-33(31)43)59-36-16-12-30(14-18-38(54)48-25-21-46(22-26-48)28(2)52)40(42(36)50(57)58)32-8-4-6-10-34(32)44/h3-18H,19-26H2,1-2H3. The average Bonchev–Trinajstić information content (AvgIpc) is 3.22. The number of nitro benzene ring substituents is 2. The van der Waals surface area contributed by atoms with Crippen molar-refractivity contribution in [2.45, 2.75) is 23.6 Å². The van der Waals surface area contributed by atoms with E-state index in [1.165, 1.54) is 109 Å². The highest BCUT2D eigenvalue weighted by molar-refractivity contribution is 7.99. The maximum Gasteiger partial charge on any atom is 0.291 e. The molecule has 2 saturated heterocycles. The molecule has 2 aliphatic rings. The minimum absolute atomic E-state index is 0.108. The number of carbonyl (C=O) groups excluding carboxylic acids is 4. The summed E-state index contributed by atoms with van der Waals surface area (Å²) in [5, 5.41) is 25.9. The van der Waals surface area contributed by atoms with E-state index < -0.39 is 44.7 Å². The van der Waals surface area contributed by atoms with Crippen LogP contribution in [-0.2, 0) is 19.2 Å². The lowest BCUT2D eigenvalue weighted by Gasteiger charge is -2.33. The molecular weight excluding hydrogens is 787 g/mol. The number of hydrogen-bond donors (Lipinski definition) is 0. The zero-order valence-electron chi connectivity index (χ0n) is 32.0. The Kier molecular flexibility index (Phi) is 12.9. The second-order valence-corrected chi connectivity index (χ2v) is 14.7. The van der Waals surface area contributed by atoms with E-state index in [9.17, 15) is 39.4 Å². The topological polar surface area (TPSA) is 168 Å². The summed E-state index contributed by atoms with van der Waals surface area (Å²) in [6, 6.07) is 16.3. The molecule has 59 heavy (non-hydrogen) atoms. The smallest absolute Gasteiger partial charge is 0.291 e. The molecule has 17 heteroatoms. The van der Waals surface area contributed by atoms with Crippen molar-refractivity contribution < 1.29 is 37.8 Å². The van der Waals surface area contributed by atoms with Crippen molar-refractivity contribution in [3.8, 4) is 22.3 Å². The van der Waals surface area contributed by atoms with E-state index in [0.29, 0.717) is 37.9 Å². The number of nitrogens with zero attached hydrogens (tertiary/aromatic N) is 6. The van der Waals surface area contributed by atoms with E-state index in [1.54, 1.807) is 9.80 Å². The number of halogens is 2. The third kappa shape index (κ3) is 9.36. The van der Waals surface area contributed by atoms with Crippen molar-refractivity contribution in [1.29, 1.82) is 0 Å². The number of benzene rings is 4. The number of hydrogen-bond acceptors (Lipinski definition) is 9. The third-order valence-corrected chi connectivity index (χ3v) is 11.2. The molecule has 4 aromatic carbocycles. The van der Waals surface area contributed by atoms with Crippen molar-refractivity contribution in [2.24, 2.45) is 0 Å². The summed E-state index contributed by atoms with van der Waals surface area (Å²) in [5.74, 6) is -2.65. The summed E-state index contributed by atoms with van der Waals surface area (Å²) < 4.78 is 31.0. The fourth-order valence-electron chi connectivity index (χ4n) is 7.01. The van der Waals surface area contributed by atoms with Gasteiger partial charge in [0.2, 0.25) is 23.6 Å². The van der Waals surface area contributed by atoms with E-state index >= 15 is 8.78 Å². The van der Waals surface area contributed by atoms with Crippen LogP contribution >= 0.6 is 11.8 Å². The first kappa shape index (κ1) is 41.9. The molecule has 0 radical (unpaired) electrons. The lowest BCUT2D eigenvalue weighted by molar-refractivity contribution is -0.387. The molecule has 4 amide bonds. The largest absolute Gasteiger partial charge is 0.339 e. The van der Waals surface area contributed by atoms with Crippen LogP contribution in [0, 0.1) is 31.9 Å². The van der Waals surface area contributed by atoms with Gasteiger partial charge in [-0.25, -0.2) is 8.78 Å². The molecule has 2 aliphatic heterocycles. The highest BCUT2D eigenvalue weighted by Crippen LogP contribution is 2.49. The summed E-state index contributed by atoms with van der Waals surface area (Å²) in [6.07, 6.45) is 5.11. The van der Waals surface area contributed by atoms with Gasteiger partial charge < -0.3 is 19.6 Å². The van der Waals surface area contributed by atoms with Gasteiger partial charge in [0.1, 0.15) is 11.6 Å². The summed E-state index contributed by atoms with van der Waals surface area (Å²) >= 11 is 0.652. The van der Waals surface area contributed by atoms with Crippen LogP contribution in [0.3, 0.4) is 0 Å². The molecule has 0 N–H and O–H groups in total. The Bertz CT molecular complexity index is 2240. The second-order valence-electron chi connectivity index (χ2n) is 13.7. The minimum Gasteiger partial charge on any atom is -0.339 e. The molecule has 0 unspecified atom stereocenters. The molecule has 0 atom stereocenters. The molecular formula is C42H38F2N6O8S. The van der Waals surface area contributed by atoms with Crippen LogP contribution in [0.1, 0.15) is 25.0 Å². The van der Waals surface area contributed by atoms with Crippen LogP contribution in [0.2, 0.25) is 0 Å². The highest BCUT2D eigenvalue weighted by Gasteiger charge is 2.31. The van der Waals surface area contributed by atoms with Crippen LogP contribution in [0.25, 0.3) is 34.4 Å². The highest BCUT2D eigenvalue weighted by atomic mass is 32.2. The molecule has 0 aromatic heterocycles. The van der Waals surface area contributed by atoms with E-state index in [2.05, 4.69) is 0 Å². The zero-order chi connectivity index (χ0) is 42.4. The fraction of sp³-hybridized carbons (Fsp3) is 0.238. The van der Waals surface area contributed by atoms with E-state index in [1.807, 2.05) is 0 Å². The molecule has 2 fully saturated rings. The maximum atomic E-state index is 15.5. The number of piperazine rings is 2. The summed E-state index contributed by atoms with van der Waals surface area (Å²) in [7, 11) is 0. The first-order valence-corrected chi connectivity index (χ1v) is 19.3. The van der Waals surface area contributed by atoms with Gasteiger partial charge in [0.15, 0.2) is 0 Å². The number of rotatable bonds is 10. The average molecular weight is 825 g/mol. The van der Waals surface area contributed by atoms with Crippen LogP contribution in [-0.4, -0.2) is 105 Å². The Morgan fingerprint density at radius 1 is 0.559 bits per heavy atom. The fourth-order valence-corrected chi connectivity index (χ4v) is 8.06. The van der Waals surface area contributed by atoms with Gasteiger partial charge >= 0.3 is 0 Å². The first-order valence-electron chi connectivity index (χ1n) is 18.5. The Morgan fingerprint density at radius 2 is 0.898 bits per heavy atom. The molecule has 0 spiro atoms. The molecule has 304 valence electrons. The number of nitro groups is 2. The van der Waals surface area contributed by atoms with Gasteiger partial charge in [0.25, 0.3) is 11.4 Å². The number of carbonyl (C=O) groups is 4. The lowest BCUT2D eigenvalue weighted by atomic mass is 9.96. The molecule has 14 nitrogen and oxygen atoms in total. The van der Waals surface area contributed by atoms with Gasteiger partial charge in [-0.3, -0.25) is 39.4 Å². The van der Waals surface area contributed by atoms with Crippen LogP contribution in [0.15, 0.2) is 94.7 Å². The molecule has 4 aromatic rings. The van der Waals surface area contributed by atoms with Gasteiger partial charge in [-0.2, -0.15) is 0 Å². The Morgan fingerprint density at radius 3 is 1.22 bits per heavy atom. The Labute approximate surface area is 341 Å². The normalized spacial score (nSPS) is 14.6. The minimum atomic E-state index is -0.793. The van der Waals surface area contributed by atoms with Crippen LogP contribution in [0.5, 0.6) is 0 Å². The summed E-state index contributed by atoms with van der Waals surface area (Å²) in [4.78, 5) is 80.4. The van der Waals surface area contributed by atoms with E-state index in [4.69, 9.17) is 0 Å². The van der Waals surface area contributed by atoms with Crippen molar-refractivity contribution in [3.63, 3.8) is 0 Å². The molecule has 0 saturated carbocycles. The predicted molar refractivity (Wildman–Crippen MR) is 217 cm³/mol. The van der Waals surface area contributed by atoms with Gasteiger partial charge in [-0.1, -0.05) is 60.3 Å². The van der Waals surface area contributed by atoms with Gasteiger partial charge in [-0.05, 0) is 47.5 Å². The molecule has 6 rings (SSSR count). The van der Waals surface area contributed by atoms with E-state index in [0.717, 1.165) is 12.1 Å². The zero-order valence-corrected chi connectivity index (χ0v) is 32.8. The number of amides is 4.